The molecule has 0 fully saturated rings. The number of hydrogen-bond donors (Lipinski definition) is 1. The summed E-state index contributed by atoms with van der Waals surface area (Å²) < 4.78 is 5.66. The maximum Gasteiger partial charge on any atom is 0.329 e. The minimum absolute atomic E-state index is 0.284. The second-order valence-electron chi connectivity index (χ2n) is 4.65. The third-order valence-corrected chi connectivity index (χ3v) is 4.60. The maximum absolute atomic E-state index is 12.5. The zero-order chi connectivity index (χ0) is 16.1. The fourth-order valence-electron chi connectivity index (χ4n) is 2.17. The molecule has 1 atom stereocenters. The molecular formula is C16H16BrNO3S. The van der Waals surface area contributed by atoms with Crippen LogP contribution < -0.4 is 5.32 Å². The second-order valence-corrected chi connectivity index (χ2v) is 6.41. The summed E-state index contributed by atoms with van der Waals surface area (Å²) in [6, 6.07) is 10.5. The van der Waals surface area contributed by atoms with Gasteiger partial charge in [0, 0.05) is 15.8 Å². The first-order chi connectivity index (χ1) is 10.6. The Bertz CT molecular complexity index is 705. The molecule has 6 heteroatoms. The summed E-state index contributed by atoms with van der Waals surface area (Å²) in [4.78, 5) is 24.3. The molecule has 22 heavy (non-hydrogen) atoms. The van der Waals surface area contributed by atoms with Gasteiger partial charge in [0.1, 0.15) is 6.04 Å². The van der Waals surface area contributed by atoms with Crippen LogP contribution in [0, 0.1) is 0 Å². The predicted molar refractivity (Wildman–Crippen MR) is 93.3 cm³/mol. The van der Waals surface area contributed by atoms with Crippen LogP contribution in [0.25, 0.3) is 10.8 Å². The molecule has 0 bridgehead atoms. The highest BCUT2D eigenvalue weighted by Gasteiger charge is 2.22. The first kappa shape index (κ1) is 16.8. The molecule has 2 aromatic carbocycles. The highest BCUT2D eigenvalue weighted by atomic mass is 79.9. The Kier molecular flexibility index (Phi) is 5.85. The predicted octanol–water partition coefficient (Wildman–Crippen LogP) is 3.24. The number of amides is 1. The van der Waals surface area contributed by atoms with E-state index >= 15 is 0 Å². The minimum atomic E-state index is -0.657. The van der Waals surface area contributed by atoms with Crippen molar-refractivity contribution in [2.24, 2.45) is 0 Å². The minimum Gasteiger partial charge on any atom is -0.467 e. The van der Waals surface area contributed by atoms with Crippen molar-refractivity contribution in [1.29, 1.82) is 0 Å². The molecule has 1 amide bonds. The van der Waals surface area contributed by atoms with E-state index in [2.05, 4.69) is 21.2 Å². The quantitative estimate of drug-likeness (QED) is 0.807. The van der Waals surface area contributed by atoms with Gasteiger partial charge in [-0.1, -0.05) is 40.2 Å². The van der Waals surface area contributed by atoms with Crippen molar-refractivity contribution in [3.05, 3.63) is 46.4 Å². The Labute approximate surface area is 141 Å². The number of nitrogens with one attached hydrogen (secondary N) is 1. The van der Waals surface area contributed by atoms with Gasteiger partial charge in [-0.05, 0) is 29.2 Å². The molecule has 0 saturated heterocycles. The molecule has 2 aromatic rings. The number of esters is 1. The topological polar surface area (TPSA) is 55.4 Å². The summed E-state index contributed by atoms with van der Waals surface area (Å²) in [5.74, 6) is -0.260. The zero-order valence-corrected chi connectivity index (χ0v) is 14.7. The molecule has 1 N–H and O–H groups in total. The summed E-state index contributed by atoms with van der Waals surface area (Å²) >= 11 is 4.95. The van der Waals surface area contributed by atoms with Gasteiger partial charge in [-0.25, -0.2) is 4.79 Å². The lowest BCUT2D eigenvalue weighted by Crippen LogP contribution is -2.43. The standard InChI is InChI=1S/C16H16BrNO3S/c1-21-16(20)14(9-22-2)18-15(19)12-7-8-13(17)11-6-4-3-5-10(11)12/h3-8,14H,9H2,1-2H3,(H,18,19). The lowest BCUT2D eigenvalue weighted by atomic mass is 10.0. The van der Waals surface area contributed by atoms with Crippen LogP contribution in [0.4, 0.5) is 0 Å². The average Bonchev–Trinajstić information content (AvgIpc) is 2.54. The number of benzene rings is 2. The summed E-state index contributed by atoms with van der Waals surface area (Å²) in [6.07, 6.45) is 1.87. The van der Waals surface area contributed by atoms with E-state index in [9.17, 15) is 9.59 Å². The molecule has 0 aliphatic heterocycles. The Balaban J connectivity index is 2.33. The normalized spacial score (nSPS) is 12.0. The van der Waals surface area contributed by atoms with E-state index < -0.39 is 12.0 Å². The highest BCUT2D eigenvalue weighted by molar-refractivity contribution is 9.10. The highest BCUT2D eigenvalue weighted by Crippen LogP contribution is 2.26. The van der Waals surface area contributed by atoms with Crippen LogP contribution in [0.2, 0.25) is 0 Å². The third kappa shape index (κ3) is 3.62. The number of ether oxygens (including phenoxy) is 1. The Morgan fingerprint density at radius 2 is 1.91 bits per heavy atom. The van der Waals surface area contributed by atoms with Gasteiger partial charge in [0.2, 0.25) is 0 Å². The van der Waals surface area contributed by atoms with E-state index in [-0.39, 0.29) is 5.91 Å². The van der Waals surface area contributed by atoms with Crippen LogP contribution in [-0.2, 0) is 9.53 Å². The number of methoxy groups -OCH3 is 1. The molecule has 1 unspecified atom stereocenters. The fraction of sp³-hybridized carbons (Fsp3) is 0.250. The van der Waals surface area contributed by atoms with Gasteiger partial charge in [-0.15, -0.1) is 0 Å². The van der Waals surface area contributed by atoms with Crippen LogP contribution in [-0.4, -0.2) is 37.0 Å². The van der Waals surface area contributed by atoms with Gasteiger partial charge in [0.25, 0.3) is 5.91 Å². The maximum atomic E-state index is 12.5. The molecule has 2 rings (SSSR count). The Morgan fingerprint density at radius 1 is 1.23 bits per heavy atom. The van der Waals surface area contributed by atoms with Crippen molar-refractivity contribution in [3.8, 4) is 0 Å². The first-order valence-corrected chi connectivity index (χ1v) is 8.82. The molecule has 0 aromatic heterocycles. The molecule has 0 heterocycles. The van der Waals surface area contributed by atoms with Crippen molar-refractivity contribution in [1.82, 2.24) is 5.32 Å². The van der Waals surface area contributed by atoms with Crippen molar-refractivity contribution in [2.45, 2.75) is 6.04 Å². The van der Waals surface area contributed by atoms with Gasteiger partial charge < -0.3 is 10.1 Å². The Hall–Kier alpha value is -1.53. The summed E-state index contributed by atoms with van der Waals surface area (Å²) in [7, 11) is 1.32. The third-order valence-electron chi connectivity index (χ3n) is 3.24. The number of fused-ring (bicyclic) bond motifs is 1. The molecule has 0 saturated carbocycles. The summed E-state index contributed by atoms with van der Waals surface area (Å²) in [5.41, 5.74) is 0.536. The zero-order valence-electron chi connectivity index (χ0n) is 12.3. The fourth-order valence-corrected chi connectivity index (χ4v) is 3.20. The van der Waals surface area contributed by atoms with E-state index in [1.807, 2.05) is 36.6 Å². The number of carbonyl (C=O) groups is 2. The molecule has 4 nitrogen and oxygen atoms in total. The van der Waals surface area contributed by atoms with Crippen LogP contribution in [0.3, 0.4) is 0 Å². The molecular weight excluding hydrogens is 366 g/mol. The number of hydrogen-bond acceptors (Lipinski definition) is 4. The van der Waals surface area contributed by atoms with E-state index in [4.69, 9.17) is 4.74 Å². The average molecular weight is 382 g/mol. The number of thioether (sulfide) groups is 1. The summed E-state index contributed by atoms with van der Waals surface area (Å²) in [5, 5.41) is 4.54. The van der Waals surface area contributed by atoms with Crippen molar-refractivity contribution >= 4 is 50.3 Å². The largest absolute Gasteiger partial charge is 0.467 e. The SMILES string of the molecule is COC(=O)C(CSC)NC(=O)c1ccc(Br)c2ccccc12. The molecule has 0 aliphatic carbocycles. The van der Waals surface area contributed by atoms with E-state index in [0.29, 0.717) is 11.3 Å². The van der Waals surface area contributed by atoms with Crippen LogP contribution >= 0.6 is 27.7 Å². The summed E-state index contributed by atoms with van der Waals surface area (Å²) in [6.45, 7) is 0. The van der Waals surface area contributed by atoms with Gasteiger partial charge in [0.15, 0.2) is 0 Å². The van der Waals surface area contributed by atoms with E-state index in [1.54, 1.807) is 6.07 Å². The second kappa shape index (κ2) is 7.65. The number of carbonyl (C=O) groups excluding carboxylic acids is 2. The van der Waals surface area contributed by atoms with Crippen molar-refractivity contribution in [2.75, 3.05) is 19.1 Å². The first-order valence-electron chi connectivity index (χ1n) is 6.63. The van der Waals surface area contributed by atoms with E-state index in [1.165, 1.54) is 18.9 Å². The molecule has 0 aliphatic rings. The Morgan fingerprint density at radius 3 is 2.55 bits per heavy atom. The van der Waals surface area contributed by atoms with Gasteiger partial charge in [0.05, 0.1) is 7.11 Å². The van der Waals surface area contributed by atoms with Crippen LogP contribution in [0.5, 0.6) is 0 Å². The van der Waals surface area contributed by atoms with E-state index in [0.717, 1.165) is 15.2 Å². The number of rotatable bonds is 5. The lowest BCUT2D eigenvalue weighted by molar-refractivity contribution is -0.142. The van der Waals surface area contributed by atoms with Crippen LogP contribution in [0.1, 0.15) is 10.4 Å². The molecule has 0 radical (unpaired) electrons. The van der Waals surface area contributed by atoms with Crippen molar-refractivity contribution < 1.29 is 14.3 Å². The van der Waals surface area contributed by atoms with Crippen LogP contribution in [0.15, 0.2) is 40.9 Å². The number of halogens is 1. The molecule has 0 spiro atoms. The smallest absolute Gasteiger partial charge is 0.329 e. The lowest BCUT2D eigenvalue weighted by Gasteiger charge is -2.16. The van der Waals surface area contributed by atoms with Gasteiger partial charge >= 0.3 is 5.97 Å². The van der Waals surface area contributed by atoms with Gasteiger partial charge in [-0.2, -0.15) is 11.8 Å². The van der Waals surface area contributed by atoms with Crippen molar-refractivity contribution in [3.63, 3.8) is 0 Å². The monoisotopic (exact) mass is 381 g/mol. The van der Waals surface area contributed by atoms with Gasteiger partial charge in [-0.3, -0.25) is 4.79 Å². The molecule has 116 valence electrons.